The lowest BCUT2D eigenvalue weighted by Crippen LogP contribution is -2.30. The summed E-state index contributed by atoms with van der Waals surface area (Å²) < 4.78 is 5.51. The number of nitrogens with two attached hydrogens (primary N) is 1. The normalized spacial score (nSPS) is 11.1. The number of nitrogens with zero attached hydrogens (tertiary/aromatic N) is 1. The lowest BCUT2D eigenvalue weighted by molar-refractivity contribution is 0.0627. The molecule has 3 N–H and O–H groups in total. The van der Waals surface area contributed by atoms with Crippen molar-refractivity contribution in [3.8, 4) is 0 Å². The van der Waals surface area contributed by atoms with Crippen molar-refractivity contribution in [3.05, 3.63) is 35.4 Å². The van der Waals surface area contributed by atoms with Crippen LogP contribution in [0.3, 0.4) is 0 Å². The predicted octanol–water partition coefficient (Wildman–Crippen LogP) is 1.15. The minimum Gasteiger partial charge on any atom is -0.377 e. The van der Waals surface area contributed by atoms with Gasteiger partial charge in [0.1, 0.15) is 0 Å². The first-order valence-electron chi connectivity index (χ1n) is 6.43. The molecule has 0 spiro atoms. The molecule has 0 unspecified atom stereocenters. The van der Waals surface area contributed by atoms with Crippen molar-refractivity contribution in [1.82, 2.24) is 10.3 Å². The summed E-state index contributed by atoms with van der Waals surface area (Å²) in [6.07, 6.45) is 0.255. The minimum atomic E-state index is -0.271. The van der Waals surface area contributed by atoms with Gasteiger partial charge in [-0.05, 0) is 38.6 Å². The number of likely N-dealkylation sites (N-methyl/N-ethyl adjacent to an activating group) is 1. The van der Waals surface area contributed by atoms with Crippen LogP contribution in [0, 0.1) is 0 Å². The number of carbonyl (C=O) groups is 1. The molecule has 0 aliphatic heterocycles. The molecule has 0 atom stereocenters. The number of nitrogens with one attached hydrogen (secondary N) is 1. The molecule has 0 saturated heterocycles. The molecular formula is C14H23N3O2. The van der Waals surface area contributed by atoms with Crippen LogP contribution < -0.4 is 11.3 Å². The van der Waals surface area contributed by atoms with Gasteiger partial charge >= 0.3 is 0 Å². The van der Waals surface area contributed by atoms with Gasteiger partial charge in [-0.25, -0.2) is 5.84 Å². The molecule has 0 aliphatic carbocycles. The van der Waals surface area contributed by atoms with Crippen LogP contribution in [-0.2, 0) is 11.3 Å². The standard InChI is InChI=1S/C14H23N3O2/c1-11(2)19-8-7-17(3)10-12-5-4-6-13(9-12)14(18)16-15/h4-6,9,11H,7-8,10,15H2,1-3H3,(H,16,18). The second-order valence-electron chi connectivity index (χ2n) is 4.83. The average molecular weight is 265 g/mol. The van der Waals surface area contributed by atoms with Crippen LogP contribution in [0.25, 0.3) is 0 Å². The zero-order valence-corrected chi connectivity index (χ0v) is 11.8. The molecule has 0 aliphatic rings. The molecule has 1 aromatic carbocycles. The zero-order valence-electron chi connectivity index (χ0n) is 11.8. The highest BCUT2D eigenvalue weighted by molar-refractivity contribution is 5.93. The van der Waals surface area contributed by atoms with Gasteiger partial charge in [-0.1, -0.05) is 12.1 Å². The van der Waals surface area contributed by atoms with Crippen molar-refractivity contribution in [1.29, 1.82) is 0 Å². The van der Waals surface area contributed by atoms with E-state index in [1.807, 2.05) is 39.1 Å². The highest BCUT2D eigenvalue weighted by Crippen LogP contribution is 2.07. The summed E-state index contributed by atoms with van der Waals surface area (Å²) in [6, 6.07) is 7.45. The Kier molecular flexibility index (Phi) is 6.49. The number of nitrogen functional groups attached to an aromatic ring is 1. The number of carbonyl (C=O) groups excluding carboxylic acids is 1. The second kappa shape index (κ2) is 7.89. The van der Waals surface area contributed by atoms with Gasteiger partial charge in [0.05, 0.1) is 12.7 Å². The van der Waals surface area contributed by atoms with E-state index in [2.05, 4.69) is 10.3 Å². The van der Waals surface area contributed by atoms with E-state index in [9.17, 15) is 4.79 Å². The van der Waals surface area contributed by atoms with E-state index in [1.165, 1.54) is 0 Å². The summed E-state index contributed by atoms with van der Waals surface area (Å²) in [5.74, 6) is 4.85. The Labute approximate surface area is 114 Å². The molecule has 106 valence electrons. The van der Waals surface area contributed by atoms with Gasteiger partial charge in [0.15, 0.2) is 0 Å². The van der Waals surface area contributed by atoms with Crippen LogP contribution >= 0.6 is 0 Å². The first kappa shape index (κ1) is 15.6. The average Bonchev–Trinajstić information content (AvgIpc) is 2.37. The van der Waals surface area contributed by atoms with Crippen molar-refractivity contribution in [3.63, 3.8) is 0 Å². The van der Waals surface area contributed by atoms with Crippen molar-refractivity contribution >= 4 is 5.91 Å². The third-order valence-corrected chi connectivity index (χ3v) is 2.70. The topological polar surface area (TPSA) is 67.6 Å². The maximum Gasteiger partial charge on any atom is 0.265 e. The molecule has 5 heteroatoms. The minimum absolute atomic E-state index is 0.255. The maximum absolute atomic E-state index is 11.4. The van der Waals surface area contributed by atoms with Crippen molar-refractivity contribution in [2.45, 2.75) is 26.5 Å². The molecule has 0 radical (unpaired) electrons. The molecule has 0 heterocycles. The maximum atomic E-state index is 11.4. The summed E-state index contributed by atoms with van der Waals surface area (Å²) in [5, 5.41) is 0. The summed E-state index contributed by atoms with van der Waals surface area (Å²) in [7, 11) is 2.03. The fraction of sp³-hybridized carbons (Fsp3) is 0.500. The van der Waals surface area contributed by atoms with Gasteiger partial charge < -0.3 is 4.74 Å². The number of hydrogen-bond donors (Lipinski definition) is 2. The van der Waals surface area contributed by atoms with Crippen molar-refractivity contribution < 1.29 is 9.53 Å². The number of ether oxygens (including phenoxy) is 1. The van der Waals surface area contributed by atoms with E-state index in [0.29, 0.717) is 12.2 Å². The van der Waals surface area contributed by atoms with Gasteiger partial charge in [0.25, 0.3) is 5.91 Å². The Balaban J connectivity index is 2.50. The van der Waals surface area contributed by atoms with Crippen molar-refractivity contribution in [2.24, 2.45) is 5.84 Å². The number of amides is 1. The number of benzene rings is 1. The monoisotopic (exact) mass is 265 g/mol. The predicted molar refractivity (Wildman–Crippen MR) is 75.5 cm³/mol. The van der Waals surface area contributed by atoms with Gasteiger partial charge in [0, 0.05) is 18.7 Å². The fourth-order valence-corrected chi connectivity index (χ4v) is 1.73. The third kappa shape index (κ3) is 5.83. The Bertz CT molecular complexity index is 407. The summed E-state index contributed by atoms with van der Waals surface area (Å²) in [4.78, 5) is 13.6. The lowest BCUT2D eigenvalue weighted by Gasteiger charge is -2.18. The van der Waals surface area contributed by atoms with Gasteiger partial charge in [-0.2, -0.15) is 0 Å². The van der Waals surface area contributed by atoms with Crippen molar-refractivity contribution in [2.75, 3.05) is 20.2 Å². The Morgan fingerprint density at radius 2 is 2.21 bits per heavy atom. The molecular weight excluding hydrogens is 242 g/mol. The third-order valence-electron chi connectivity index (χ3n) is 2.70. The second-order valence-corrected chi connectivity index (χ2v) is 4.83. The number of hydrazine groups is 1. The summed E-state index contributed by atoms with van der Waals surface area (Å²) in [5.41, 5.74) is 3.79. The van der Waals surface area contributed by atoms with Crippen LogP contribution in [0.5, 0.6) is 0 Å². The van der Waals surface area contributed by atoms with E-state index in [1.54, 1.807) is 6.07 Å². The van der Waals surface area contributed by atoms with Gasteiger partial charge in [-0.15, -0.1) is 0 Å². The van der Waals surface area contributed by atoms with Crippen LogP contribution in [-0.4, -0.2) is 37.1 Å². The molecule has 0 bridgehead atoms. The molecule has 0 fully saturated rings. The molecule has 0 saturated carbocycles. The van der Waals surface area contributed by atoms with E-state index in [-0.39, 0.29) is 12.0 Å². The van der Waals surface area contributed by atoms with E-state index in [0.717, 1.165) is 18.7 Å². The Morgan fingerprint density at radius 1 is 1.47 bits per heavy atom. The number of hydrogen-bond acceptors (Lipinski definition) is 4. The Morgan fingerprint density at radius 3 is 2.84 bits per heavy atom. The van der Waals surface area contributed by atoms with Crippen LogP contribution in [0.15, 0.2) is 24.3 Å². The van der Waals surface area contributed by atoms with E-state index < -0.39 is 0 Å². The van der Waals surface area contributed by atoms with Gasteiger partial charge in [-0.3, -0.25) is 15.1 Å². The molecule has 1 amide bonds. The SMILES string of the molecule is CC(C)OCCN(C)Cc1cccc(C(=O)NN)c1. The van der Waals surface area contributed by atoms with Crippen LogP contribution in [0.4, 0.5) is 0 Å². The first-order chi connectivity index (χ1) is 9.02. The summed E-state index contributed by atoms with van der Waals surface area (Å²) >= 11 is 0. The zero-order chi connectivity index (χ0) is 14.3. The highest BCUT2D eigenvalue weighted by Gasteiger charge is 2.06. The van der Waals surface area contributed by atoms with Crippen LogP contribution in [0.1, 0.15) is 29.8 Å². The molecule has 5 nitrogen and oxygen atoms in total. The highest BCUT2D eigenvalue weighted by atomic mass is 16.5. The van der Waals surface area contributed by atoms with E-state index >= 15 is 0 Å². The lowest BCUT2D eigenvalue weighted by atomic mass is 10.1. The van der Waals surface area contributed by atoms with E-state index in [4.69, 9.17) is 10.6 Å². The largest absolute Gasteiger partial charge is 0.377 e. The molecule has 1 aromatic rings. The molecule has 1 rings (SSSR count). The summed E-state index contributed by atoms with van der Waals surface area (Å²) in [6.45, 7) is 6.37. The molecule has 19 heavy (non-hydrogen) atoms. The fourth-order valence-electron chi connectivity index (χ4n) is 1.73. The number of rotatable bonds is 7. The quantitative estimate of drug-likeness (QED) is 0.441. The smallest absolute Gasteiger partial charge is 0.265 e. The first-order valence-corrected chi connectivity index (χ1v) is 6.43. The Hall–Kier alpha value is -1.43. The van der Waals surface area contributed by atoms with Crippen LogP contribution in [0.2, 0.25) is 0 Å². The molecule has 0 aromatic heterocycles. The van der Waals surface area contributed by atoms with Gasteiger partial charge in [0.2, 0.25) is 0 Å².